The Morgan fingerprint density at radius 3 is 2.55 bits per heavy atom. The number of alkyl halides is 3. The van der Waals surface area contributed by atoms with E-state index in [2.05, 4.69) is 5.32 Å². The molecule has 1 aliphatic rings. The Labute approximate surface area is 167 Å². The minimum absolute atomic E-state index is 0.0153. The molecule has 0 aliphatic carbocycles. The molecule has 3 amide bonds. The number of amides is 3. The maximum Gasteiger partial charge on any atom is 0.416 e. The molecule has 2 N–H and O–H groups in total. The normalized spacial score (nSPS) is 15.8. The summed E-state index contributed by atoms with van der Waals surface area (Å²) in [6.07, 6.45) is -3.17. The third-order valence-corrected chi connectivity index (χ3v) is 4.72. The number of aromatic hydroxyl groups is 1. The fourth-order valence-corrected chi connectivity index (χ4v) is 3.36. The van der Waals surface area contributed by atoms with Crippen molar-refractivity contribution in [3.05, 3.63) is 64.6 Å². The van der Waals surface area contributed by atoms with Crippen LogP contribution in [0.1, 0.15) is 11.1 Å². The van der Waals surface area contributed by atoms with E-state index in [0.717, 1.165) is 18.2 Å². The van der Waals surface area contributed by atoms with Crippen LogP contribution in [0.3, 0.4) is 0 Å². The summed E-state index contributed by atoms with van der Waals surface area (Å²) in [5, 5.41) is 11.0. The maximum atomic E-state index is 12.7. The van der Waals surface area contributed by atoms with Crippen LogP contribution in [0.15, 0.2) is 53.4 Å². The van der Waals surface area contributed by atoms with Gasteiger partial charge in [0.1, 0.15) is 12.3 Å². The molecule has 29 heavy (non-hydrogen) atoms. The largest absolute Gasteiger partial charge is 0.508 e. The highest BCUT2D eigenvalue weighted by Gasteiger charge is 2.36. The molecule has 3 rings (SSSR count). The van der Waals surface area contributed by atoms with Crippen LogP contribution in [-0.4, -0.2) is 33.6 Å². The average molecular weight is 422 g/mol. The number of nitrogens with zero attached hydrogens (tertiary/aromatic N) is 1. The average Bonchev–Trinajstić information content (AvgIpc) is 2.89. The van der Waals surface area contributed by atoms with Gasteiger partial charge in [-0.25, -0.2) is 0 Å². The van der Waals surface area contributed by atoms with Gasteiger partial charge in [0.05, 0.1) is 10.5 Å². The van der Waals surface area contributed by atoms with Crippen molar-refractivity contribution in [1.82, 2.24) is 4.90 Å². The zero-order chi connectivity index (χ0) is 21.2. The lowest BCUT2D eigenvalue weighted by atomic mass is 10.2. The van der Waals surface area contributed by atoms with Gasteiger partial charge in [-0.2, -0.15) is 13.2 Å². The Hall–Kier alpha value is -3.27. The number of thioether (sulfide) groups is 1. The smallest absolute Gasteiger partial charge is 0.416 e. The van der Waals surface area contributed by atoms with Crippen molar-refractivity contribution in [2.75, 3.05) is 11.9 Å². The van der Waals surface area contributed by atoms with E-state index >= 15 is 0 Å². The predicted molar refractivity (Wildman–Crippen MR) is 101 cm³/mol. The predicted octanol–water partition coefficient (Wildman–Crippen LogP) is 4.09. The van der Waals surface area contributed by atoms with E-state index in [4.69, 9.17) is 0 Å². The van der Waals surface area contributed by atoms with E-state index in [-0.39, 0.29) is 16.3 Å². The van der Waals surface area contributed by atoms with Crippen molar-refractivity contribution in [2.24, 2.45) is 0 Å². The molecule has 1 fully saturated rings. The van der Waals surface area contributed by atoms with Crippen LogP contribution in [0, 0.1) is 0 Å². The van der Waals surface area contributed by atoms with Gasteiger partial charge in [0.25, 0.3) is 11.1 Å². The van der Waals surface area contributed by atoms with Crippen molar-refractivity contribution in [3.8, 4) is 5.75 Å². The summed E-state index contributed by atoms with van der Waals surface area (Å²) in [5.41, 5.74) is -0.550. The molecule has 1 heterocycles. The highest BCUT2D eigenvalue weighted by Crippen LogP contribution is 2.33. The van der Waals surface area contributed by atoms with E-state index in [0.29, 0.717) is 22.2 Å². The van der Waals surface area contributed by atoms with Crippen molar-refractivity contribution in [2.45, 2.75) is 6.18 Å². The first-order valence-corrected chi connectivity index (χ1v) is 8.96. The minimum atomic E-state index is -4.57. The molecule has 2 aromatic rings. The van der Waals surface area contributed by atoms with Crippen LogP contribution in [0.25, 0.3) is 6.08 Å². The molecule has 0 saturated carbocycles. The number of anilines is 1. The third-order valence-electron chi connectivity index (χ3n) is 3.82. The fourth-order valence-electron chi connectivity index (χ4n) is 2.52. The SMILES string of the molecule is O=C(CN1C(=O)S/C(=C\c2cccc(O)c2)C1=O)Nc1cccc(C(F)(F)F)c1. The Balaban J connectivity index is 1.69. The molecular formula is C19H13F3N2O4S. The van der Waals surface area contributed by atoms with Crippen LogP contribution >= 0.6 is 11.8 Å². The first-order valence-electron chi connectivity index (χ1n) is 8.15. The molecule has 6 nitrogen and oxygen atoms in total. The fraction of sp³-hybridized carbons (Fsp3) is 0.105. The van der Waals surface area contributed by atoms with Crippen LogP contribution in [0.4, 0.5) is 23.7 Å². The van der Waals surface area contributed by atoms with Gasteiger partial charge in [0, 0.05) is 5.69 Å². The van der Waals surface area contributed by atoms with E-state index in [1.807, 2.05) is 0 Å². The summed E-state index contributed by atoms with van der Waals surface area (Å²) in [6.45, 7) is -0.641. The maximum absolute atomic E-state index is 12.7. The number of hydrogen-bond donors (Lipinski definition) is 2. The van der Waals surface area contributed by atoms with Crippen LogP contribution in [-0.2, 0) is 15.8 Å². The number of imide groups is 1. The molecule has 0 aromatic heterocycles. The summed E-state index contributed by atoms with van der Waals surface area (Å²) in [7, 11) is 0. The van der Waals surface area contributed by atoms with Gasteiger partial charge in [-0.3, -0.25) is 19.3 Å². The third kappa shape index (κ3) is 4.96. The topological polar surface area (TPSA) is 86.7 Å². The number of benzene rings is 2. The summed E-state index contributed by atoms with van der Waals surface area (Å²) in [6, 6.07) is 10.0. The number of phenolic OH excluding ortho intramolecular Hbond substituents is 1. The van der Waals surface area contributed by atoms with Crippen molar-refractivity contribution in [1.29, 1.82) is 0 Å². The Morgan fingerprint density at radius 2 is 1.86 bits per heavy atom. The molecule has 1 aliphatic heterocycles. The molecule has 1 saturated heterocycles. The number of carbonyl (C=O) groups excluding carboxylic acids is 3. The van der Waals surface area contributed by atoms with Gasteiger partial charge in [0.2, 0.25) is 5.91 Å². The lowest BCUT2D eigenvalue weighted by Crippen LogP contribution is -2.36. The summed E-state index contributed by atoms with van der Waals surface area (Å²) < 4.78 is 38.2. The lowest BCUT2D eigenvalue weighted by molar-refractivity contribution is -0.137. The van der Waals surface area contributed by atoms with Crippen LogP contribution in [0.2, 0.25) is 0 Å². The van der Waals surface area contributed by atoms with Gasteiger partial charge in [-0.05, 0) is 53.7 Å². The van der Waals surface area contributed by atoms with Gasteiger partial charge in [-0.15, -0.1) is 0 Å². The van der Waals surface area contributed by atoms with Gasteiger partial charge >= 0.3 is 6.18 Å². The molecule has 10 heteroatoms. The second-order valence-electron chi connectivity index (χ2n) is 5.99. The van der Waals surface area contributed by atoms with Crippen molar-refractivity contribution >= 4 is 40.6 Å². The van der Waals surface area contributed by atoms with Gasteiger partial charge in [0.15, 0.2) is 0 Å². The van der Waals surface area contributed by atoms with E-state index in [1.165, 1.54) is 24.3 Å². The number of carbonyl (C=O) groups is 3. The highest BCUT2D eigenvalue weighted by molar-refractivity contribution is 8.18. The standard InChI is InChI=1S/C19H13F3N2O4S/c20-19(21,22)12-4-2-5-13(9-12)23-16(26)10-24-17(27)15(29-18(24)28)8-11-3-1-6-14(25)7-11/h1-9,25H,10H2,(H,23,26)/b15-8-. The number of nitrogens with one attached hydrogen (secondary N) is 1. The van der Waals surface area contributed by atoms with Crippen molar-refractivity contribution < 1.29 is 32.7 Å². The first-order chi connectivity index (χ1) is 13.6. The summed E-state index contributed by atoms with van der Waals surface area (Å²) >= 11 is 0.625. The first kappa shape index (κ1) is 20.5. The molecule has 0 bridgehead atoms. The second kappa shape index (κ2) is 8.00. The van der Waals surface area contributed by atoms with Crippen LogP contribution < -0.4 is 5.32 Å². The molecule has 0 radical (unpaired) electrons. The Morgan fingerprint density at radius 1 is 1.14 bits per heavy atom. The minimum Gasteiger partial charge on any atom is -0.508 e. The zero-order valence-electron chi connectivity index (χ0n) is 14.6. The van der Waals surface area contributed by atoms with Gasteiger partial charge < -0.3 is 10.4 Å². The summed E-state index contributed by atoms with van der Waals surface area (Å²) in [5.74, 6) is -1.54. The van der Waals surface area contributed by atoms with Crippen LogP contribution in [0.5, 0.6) is 5.75 Å². The number of phenols is 1. The monoisotopic (exact) mass is 422 g/mol. The molecule has 0 spiro atoms. The molecule has 0 unspecified atom stereocenters. The van der Waals surface area contributed by atoms with Crippen molar-refractivity contribution in [3.63, 3.8) is 0 Å². The number of hydrogen-bond acceptors (Lipinski definition) is 5. The highest BCUT2D eigenvalue weighted by atomic mass is 32.2. The quantitative estimate of drug-likeness (QED) is 0.725. The molecule has 2 aromatic carbocycles. The van der Waals surface area contributed by atoms with Gasteiger partial charge in [-0.1, -0.05) is 18.2 Å². The molecular weight excluding hydrogens is 409 g/mol. The summed E-state index contributed by atoms with van der Waals surface area (Å²) in [4.78, 5) is 37.4. The Bertz CT molecular complexity index is 1020. The molecule has 150 valence electrons. The molecule has 0 atom stereocenters. The van der Waals surface area contributed by atoms with E-state index < -0.39 is 35.3 Å². The second-order valence-corrected chi connectivity index (χ2v) is 6.98. The van der Waals surface area contributed by atoms with E-state index in [1.54, 1.807) is 12.1 Å². The zero-order valence-corrected chi connectivity index (χ0v) is 15.4. The Kier molecular flexibility index (Phi) is 5.64. The number of halogens is 3. The number of rotatable bonds is 4. The van der Waals surface area contributed by atoms with E-state index in [9.17, 15) is 32.7 Å². The lowest BCUT2D eigenvalue weighted by Gasteiger charge is -2.13.